The summed E-state index contributed by atoms with van der Waals surface area (Å²) in [7, 11) is 1.60. The summed E-state index contributed by atoms with van der Waals surface area (Å²) in [6.45, 7) is 0.651. The Morgan fingerprint density at radius 1 is 1.12 bits per heavy atom. The minimum atomic E-state index is -0.458. The second-order valence-corrected chi connectivity index (χ2v) is 6.66. The molecule has 0 fully saturated rings. The first-order chi connectivity index (χ1) is 12.7. The first-order valence-electron chi connectivity index (χ1n) is 8.44. The van der Waals surface area contributed by atoms with Crippen molar-refractivity contribution in [1.29, 1.82) is 0 Å². The molecule has 3 aliphatic rings. The summed E-state index contributed by atoms with van der Waals surface area (Å²) in [6.07, 6.45) is 0.666. The number of anilines is 1. The van der Waals surface area contributed by atoms with Crippen LogP contribution in [0.15, 0.2) is 24.3 Å². The molecule has 0 saturated carbocycles. The normalized spacial score (nSPS) is 16.9. The molecule has 128 valence electrons. The minimum absolute atomic E-state index is 0.156. The lowest BCUT2D eigenvalue weighted by atomic mass is 9.88. The summed E-state index contributed by atoms with van der Waals surface area (Å²) < 4.78 is 17.0. The largest absolute Gasteiger partial charge is 0.496 e. The van der Waals surface area contributed by atoms with Gasteiger partial charge in [0.25, 0.3) is 11.7 Å². The van der Waals surface area contributed by atoms with E-state index in [9.17, 15) is 9.59 Å². The summed E-state index contributed by atoms with van der Waals surface area (Å²) >= 11 is 0. The molecule has 1 amide bonds. The van der Waals surface area contributed by atoms with Gasteiger partial charge in [-0.25, -0.2) is 0 Å². The predicted octanol–water partition coefficient (Wildman–Crippen LogP) is 2.82. The molecular weight excluding hydrogens is 334 g/mol. The van der Waals surface area contributed by atoms with Crippen molar-refractivity contribution in [2.24, 2.45) is 0 Å². The maximum absolute atomic E-state index is 12.8. The Kier molecular flexibility index (Phi) is 2.39. The fraction of sp³-hybridized carbons (Fsp3) is 0.200. The molecule has 3 aromatic carbocycles. The molecule has 6 nitrogen and oxygen atoms in total. The van der Waals surface area contributed by atoms with Gasteiger partial charge in [0.1, 0.15) is 5.75 Å². The highest BCUT2D eigenvalue weighted by atomic mass is 16.7. The van der Waals surface area contributed by atoms with Crippen LogP contribution >= 0.6 is 0 Å². The van der Waals surface area contributed by atoms with E-state index in [0.29, 0.717) is 46.9 Å². The van der Waals surface area contributed by atoms with Crippen LogP contribution in [0.4, 0.5) is 5.69 Å². The number of nitrogens with zero attached hydrogens (tertiary/aromatic N) is 1. The Hall–Kier alpha value is -3.28. The van der Waals surface area contributed by atoms with Crippen LogP contribution in [0.2, 0.25) is 0 Å². The number of hydrogen-bond acceptors (Lipinski definition) is 5. The molecule has 0 unspecified atom stereocenters. The highest BCUT2D eigenvalue weighted by molar-refractivity contribution is 6.56. The van der Waals surface area contributed by atoms with Gasteiger partial charge in [0.15, 0.2) is 11.5 Å². The molecule has 3 aromatic rings. The number of fused-ring (bicyclic) bond motifs is 5. The zero-order valence-corrected chi connectivity index (χ0v) is 13.9. The van der Waals surface area contributed by atoms with Gasteiger partial charge >= 0.3 is 0 Å². The monoisotopic (exact) mass is 347 g/mol. The molecule has 0 spiro atoms. The fourth-order valence-corrected chi connectivity index (χ4v) is 4.50. The van der Waals surface area contributed by atoms with Gasteiger partial charge in [-0.2, -0.15) is 0 Å². The van der Waals surface area contributed by atoms with Gasteiger partial charge in [-0.3, -0.25) is 9.59 Å². The summed E-state index contributed by atoms with van der Waals surface area (Å²) in [5.74, 6) is 1.08. The number of Topliss-reactive ketones (excluding diaryl/α,β-unsaturated/α-hetero) is 1. The Morgan fingerprint density at radius 3 is 2.85 bits per heavy atom. The zero-order valence-electron chi connectivity index (χ0n) is 13.9. The molecule has 6 rings (SSSR count). The Balaban J connectivity index is 1.97. The van der Waals surface area contributed by atoms with Crippen molar-refractivity contribution in [3.05, 3.63) is 35.4 Å². The van der Waals surface area contributed by atoms with Gasteiger partial charge in [-0.05, 0) is 29.5 Å². The Bertz CT molecular complexity index is 1200. The number of rotatable bonds is 1. The van der Waals surface area contributed by atoms with Gasteiger partial charge in [-0.15, -0.1) is 0 Å². The number of amides is 1. The molecular formula is C20H13NO5. The van der Waals surface area contributed by atoms with E-state index in [0.717, 1.165) is 21.7 Å². The average molecular weight is 347 g/mol. The van der Waals surface area contributed by atoms with E-state index in [-0.39, 0.29) is 6.79 Å². The highest BCUT2D eigenvalue weighted by Crippen LogP contribution is 2.54. The second-order valence-electron chi connectivity index (χ2n) is 6.66. The number of carbonyl (C=O) groups is 2. The standard InChI is InChI=1S/C20H13NO5/c1-24-11-4-2-3-10-14(11)16-13-9(7-12-19(16)26-8-25-12)5-6-21-17(13)15(10)18(22)20(21)23/h2-4,7H,5-6,8H2,1H3. The summed E-state index contributed by atoms with van der Waals surface area (Å²) in [4.78, 5) is 27.0. The van der Waals surface area contributed by atoms with Crippen LogP contribution in [-0.2, 0) is 11.2 Å². The molecule has 0 aromatic heterocycles. The summed E-state index contributed by atoms with van der Waals surface area (Å²) in [6, 6.07) is 7.52. The van der Waals surface area contributed by atoms with Crippen molar-refractivity contribution < 1.29 is 23.8 Å². The lowest BCUT2D eigenvalue weighted by molar-refractivity contribution is -0.114. The average Bonchev–Trinajstić information content (AvgIpc) is 3.23. The van der Waals surface area contributed by atoms with Crippen LogP contribution in [0, 0.1) is 0 Å². The third kappa shape index (κ3) is 1.41. The van der Waals surface area contributed by atoms with Crippen molar-refractivity contribution in [2.75, 3.05) is 25.3 Å². The Morgan fingerprint density at radius 2 is 2.00 bits per heavy atom. The summed E-state index contributed by atoms with van der Waals surface area (Å²) in [5.41, 5.74) is 2.23. The van der Waals surface area contributed by atoms with E-state index in [1.165, 1.54) is 0 Å². The molecule has 0 N–H and O–H groups in total. The zero-order chi connectivity index (χ0) is 17.6. The number of methoxy groups -OCH3 is 1. The van der Waals surface area contributed by atoms with E-state index in [1.807, 2.05) is 24.3 Å². The van der Waals surface area contributed by atoms with Gasteiger partial charge in [-0.1, -0.05) is 12.1 Å². The van der Waals surface area contributed by atoms with Crippen LogP contribution in [-0.4, -0.2) is 32.1 Å². The van der Waals surface area contributed by atoms with Crippen LogP contribution in [0.5, 0.6) is 17.2 Å². The number of hydrogen-bond donors (Lipinski definition) is 0. The highest BCUT2D eigenvalue weighted by Gasteiger charge is 2.43. The smallest absolute Gasteiger partial charge is 0.299 e. The van der Waals surface area contributed by atoms with E-state index >= 15 is 0 Å². The minimum Gasteiger partial charge on any atom is -0.496 e. The third-order valence-electron chi connectivity index (χ3n) is 5.53. The van der Waals surface area contributed by atoms with Crippen molar-refractivity contribution in [3.63, 3.8) is 0 Å². The molecule has 0 bridgehead atoms. The summed E-state index contributed by atoms with van der Waals surface area (Å²) in [5, 5.41) is 3.25. The fourth-order valence-electron chi connectivity index (χ4n) is 4.50. The second kappa shape index (κ2) is 4.46. The third-order valence-corrected chi connectivity index (χ3v) is 5.53. The van der Waals surface area contributed by atoms with Gasteiger partial charge in [0.05, 0.1) is 18.4 Å². The van der Waals surface area contributed by atoms with E-state index < -0.39 is 11.7 Å². The quantitative estimate of drug-likeness (QED) is 0.500. The van der Waals surface area contributed by atoms with Crippen molar-refractivity contribution in [2.45, 2.75) is 6.42 Å². The molecule has 0 atom stereocenters. The SMILES string of the molecule is COc1cccc2c3c4c5c(cc6c(c5c12)OCO6)CCN4C(=O)C3=O. The van der Waals surface area contributed by atoms with Gasteiger partial charge in [0.2, 0.25) is 6.79 Å². The van der Waals surface area contributed by atoms with Crippen molar-refractivity contribution in [1.82, 2.24) is 0 Å². The molecule has 3 heterocycles. The van der Waals surface area contributed by atoms with Crippen molar-refractivity contribution in [3.8, 4) is 17.2 Å². The van der Waals surface area contributed by atoms with Crippen molar-refractivity contribution >= 4 is 38.9 Å². The van der Waals surface area contributed by atoms with E-state index in [1.54, 1.807) is 12.0 Å². The topological polar surface area (TPSA) is 65.1 Å². The number of benzene rings is 3. The lowest BCUT2D eigenvalue weighted by Crippen LogP contribution is -2.33. The molecule has 0 aliphatic carbocycles. The van der Waals surface area contributed by atoms with Gasteiger partial charge in [0, 0.05) is 22.7 Å². The first kappa shape index (κ1) is 13.9. The van der Waals surface area contributed by atoms with Crippen LogP contribution in [0.1, 0.15) is 15.9 Å². The number of ketones is 1. The van der Waals surface area contributed by atoms with Crippen LogP contribution in [0.3, 0.4) is 0 Å². The van der Waals surface area contributed by atoms with E-state index in [2.05, 4.69) is 0 Å². The molecule has 3 aliphatic heterocycles. The van der Waals surface area contributed by atoms with E-state index in [4.69, 9.17) is 14.2 Å². The maximum atomic E-state index is 12.8. The molecule has 6 heteroatoms. The lowest BCUT2D eigenvalue weighted by Gasteiger charge is -2.26. The maximum Gasteiger partial charge on any atom is 0.299 e. The predicted molar refractivity (Wildman–Crippen MR) is 94.5 cm³/mol. The molecule has 0 saturated heterocycles. The molecule has 0 radical (unpaired) electrons. The van der Waals surface area contributed by atoms with Crippen LogP contribution < -0.4 is 19.1 Å². The first-order valence-corrected chi connectivity index (χ1v) is 8.44. The molecule has 26 heavy (non-hydrogen) atoms. The number of carbonyl (C=O) groups excluding carboxylic acids is 2. The van der Waals surface area contributed by atoms with Crippen LogP contribution in [0.25, 0.3) is 21.5 Å². The van der Waals surface area contributed by atoms with Gasteiger partial charge < -0.3 is 19.1 Å². The number of ether oxygens (including phenoxy) is 3. The Labute approximate surface area is 147 Å².